The van der Waals surface area contributed by atoms with Crippen molar-refractivity contribution in [2.75, 3.05) is 11.9 Å². The zero-order valence-electron chi connectivity index (χ0n) is 16.0. The molecule has 0 spiro atoms. The van der Waals surface area contributed by atoms with E-state index in [4.69, 9.17) is 4.74 Å². The molecule has 1 N–H and O–H groups in total. The van der Waals surface area contributed by atoms with Crippen LogP contribution in [0.3, 0.4) is 0 Å². The third kappa shape index (κ3) is 3.36. The van der Waals surface area contributed by atoms with Crippen molar-refractivity contribution in [3.05, 3.63) is 57.6 Å². The molecular weight excluding hydrogens is 326 g/mol. The van der Waals surface area contributed by atoms with E-state index in [0.29, 0.717) is 17.7 Å². The smallest absolute Gasteiger partial charge is 0.262 e. The molecule has 1 aliphatic rings. The second-order valence-corrected chi connectivity index (χ2v) is 7.31. The molecule has 0 heterocycles. The maximum atomic E-state index is 12.4. The summed E-state index contributed by atoms with van der Waals surface area (Å²) in [5, 5.41) is 2.93. The normalized spacial score (nSPS) is 15.7. The Labute approximate surface area is 154 Å². The molecule has 1 unspecified atom stereocenters. The van der Waals surface area contributed by atoms with E-state index in [0.717, 1.165) is 33.5 Å². The minimum atomic E-state index is -0.229. The maximum absolute atomic E-state index is 12.4. The van der Waals surface area contributed by atoms with E-state index in [1.807, 2.05) is 45.9 Å². The number of nitrogens with one attached hydrogen (secondary N) is 1. The molecule has 3 rings (SSSR count). The Hall–Kier alpha value is -2.62. The minimum Gasteiger partial charge on any atom is -0.483 e. The largest absolute Gasteiger partial charge is 0.483 e. The molecule has 26 heavy (non-hydrogen) atoms. The van der Waals surface area contributed by atoms with Crippen LogP contribution in [0.4, 0.5) is 5.69 Å². The van der Waals surface area contributed by atoms with Gasteiger partial charge in [0.05, 0.1) is 5.56 Å². The number of anilines is 1. The Kier molecular flexibility index (Phi) is 4.86. The summed E-state index contributed by atoms with van der Waals surface area (Å²) in [5.41, 5.74) is 6.83. The number of hydrogen-bond acceptors (Lipinski definition) is 3. The molecule has 1 aliphatic carbocycles. The summed E-state index contributed by atoms with van der Waals surface area (Å²) in [6, 6.07) is 7.82. The quantitative estimate of drug-likeness (QED) is 0.874. The van der Waals surface area contributed by atoms with Gasteiger partial charge in [-0.2, -0.15) is 0 Å². The van der Waals surface area contributed by atoms with Crippen LogP contribution < -0.4 is 10.1 Å². The summed E-state index contributed by atoms with van der Waals surface area (Å²) in [6.07, 6.45) is 0.504. The van der Waals surface area contributed by atoms with Crippen LogP contribution in [0.2, 0.25) is 0 Å². The number of hydrogen-bond donors (Lipinski definition) is 1. The number of ether oxygens (including phenoxy) is 1. The highest BCUT2D eigenvalue weighted by molar-refractivity contribution is 6.04. The van der Waals surface area contributed by atoms with Crippen molar-refractivity contribution in [3.8, 4) is 5.75 Å². The molecule has 136 valence electrons. The molecule has 0 aliphatic heterocycles. The highest BCUT2D eigenvalue weighted by Gasteiger charge is 2.31. The number of benzene rings is 2. The Morgan fingerprint density at radius 1 is 1.12 bits per heavy atom. The third-order valence-corrected chi connectivity index (χ3v) is 4.99. The fraction of sp³-hybridized carbons (Fsp3) is 0.364. The van der Waals surface area contributed by atoms with Gasteiger partial charge in [-0.05, 0) is 61.9 Å². The van der Waals surface area contributed by atoms with Crippen molar-refractivity contribution < 1.29 is 14.3 Å². The Morgan fingerprint density at radius 3 is 2.42 bits per heavy atom. The first kappa shape index (κ1) is 18.2. The lowest BCUT2D eigenvalue weighted by atomic mass is 9.97. The van der Waals surface area contributed by atoms with Crippen LogP contribution in [0.25, 0.3) is 0 Å². The van der Waals surface area contributed by atoms with E-state index < -0.39 is 0 Å². The van der Waals surface area contributed by atoms with Crippen LogP contribution in [0.5, 0.6) is 5.75 Å². The number of ketones is 1. The molecule has 4 nitrogen and oxygen atoms in total. The van der Waals surface area contributed by atoms with E-state index in [2.05, 4.69) is 12.2 Å². The fourth-order valence-corrected chi connectivity index (χ4v) is 3.92. The summed E-state index contributed by atoms with van der Waals surface area (Å²) in [4.78, 5) is 24.7. The van der Waals surface area contributed by atoms with Gasteiger partial charge < -0.3 is 10.1 Å². The fourth-order valence-electron chi connectivity index (χ4n) is 3.92. The molecule has 2 aromatic carbocycles. The van der Waals surface area contributed by atoms with Gasteiger partial charge in [0, 0.05) is 12.1 Å². The lowest BCUT2D eigenvalue weighted by molar-refractivity contribution is -0.118. The molecular formula is C22H25NO3. The van der Waals surface area contributed by atoms with Gasteiger partial charge in [0.15, 0.2) is 12.4 Å². The third-order valence-electron chi connectivity index (χ3n) is 4.99. The van der Waals surface area contributed by atoms with Crippen molar-refractivity contribution in [1.29, 1.82) is 0 Å². The lowest BCUT2D eigenvalue weighted by Gasteiger charge is -2.15. The van der Waals surface area contributed by atoms with Gasteiger partial charge in [-0.15, -0.1) is 0 Å². The van der Waals surface area contributed by atoms with Gasteiger partial charge in [0.1, 0.15) is 5.75 Å². The zero-order chi connectivity index (χ0) is 19.0. The van der Waals surface area contributed by atoms with Crippen LogP contribution >= 0.6 is 0 Å². The number of carbonyl (C=O) groups is 2. The van der Waals surface area contributed by atoms with E-state index in [1.165, 1.54) is 0 Å². The molecule has 0 saturated carbocycles. The molecule has 4 heteroatoms. The summed E-state index contributed by atoms with van der Waals surface area (Å²) in [6.45, 7) is 9.92. The highest BCUT2D eigenvalue weighted by Crippen LogP contribution is 2.40. The summed E-state index contributed by atoms with van der Waals surface area (Å²) >= 11 is 0. The zero-order valence-corrected chi connectivity index (χ0v) is 16.0. The molecule has 0 aromatic heterocycles. The molecule has 1 amide bonds. The number of Topliss-reactive ketones (excluding diaryl/α,β-unsaturated/α-hetero) is 1. The van der Waals surface area contributed by atoms with E-state index >= 15 is 0 Å². The minimum absolute atomic E-state index is 0.0943. The highest BCUT2D eigenvalue weighted by atomic mass is 16.5. The Bertz CT molecular complexity index is 875. The maximum Gasteiger partial charge on any atom is 0.262 e. The molecule has 0 radical (unpaired) electrons. The Balaban J connectivity index is 1.75. The van der Waals surface area contributed by atoms with Crippen LogP contribution in [-0.4, -0.2) is 18.3 Å². The average Bonchev–Trinajstić information content (AvgIpc) is 2.86. The summed E-state index contributed by atoms with van der Waals surface area (Å²) in [5.74, 6) is 0.574. The predicted octanol–water partition coefficient (Wildman–Crippen LogP) is 4.63. The van der Waals surface area contributed by atoms with E-state index in [1.54, 1.807) is 6.07 Å². The van der Waals surface area contributed by atoms with Crippen LogP contribution in [0.1, 0.15) is 57.4 Å². The van der Waals surface area contributed by atoms with E-state index in [-0.39, 0.29) is 24.2 Å². The number of aryl methyl sites for hydroxylation is 4. The molecule has 1 atom stereocenters. The van der Waals surface area contributed by atoms with Crippen molar-refractivity contribution in [2.45, 2.75) is 47.0 Å². The van der Waals surface area contributed by atoms with Crippen molar-refractivity contribution in [2.24, 2.45) is 0 Å². The molecule has 2 aromatic rings. The van der Waals surface area contributed by atoms with Gasteiger partial charge >= 0.3 is 0 Å². The second-order valence-electron chi connectivity index (χ2n) is 7.31. The number of amides is 1. The van der Waals surface area contributed by atoms with Crippen LogP contribution in [0, 0.1) is 27.7 Å². The van der Waals surface area contributed by atoms with Gasteiger partial charge in [-0.3, -0.25) is 9.59 Å². The monoisotopic (exact) mass is 351 g/mol. The average molecular weight is 351 g/mol. The van der Waals surface area contributed by atoms with Gasteiger partial charge in [0.25, 0.3) is 5.91 Å². The van der Waals surface area contributed by atoms with Crippen molar-refractivity contribution in [3.63, 3.8) is 0 Å². The summed E-state index contributed by atoms with van der Waals surface area (Å²) in [7, 11) is 0. The summed E-state index contributed by atoms with van der Waals surface area (Å²) < 4.78 is 5.73. The SMILES string of the molecule is Cc1cc(C)c(NC(=O)COc2ccc(C)c3c2C(=O)CC3C)c(C)c1. The molecule has 0 saturated heterocycles. The van der Waals surface area contributed by atoms with Gasteiger partial charge in [0.2, 0.25) is 0 Å². The second kappa shape index (κ2) is 6.94. The van der Waals surface area contributed by atoms with Crippen molar-refractivity contribution >= 4 is 17.4 Å². The van der Waals surface area contributed by atoms with Crippen LogP contribution in [0.15, 0.2) is 24.3 Å². The van der Waals surface area contributed by atoms with Crippen molar-refractivity contribution in [1.82, 2.24) is 0 Å². The number of rotatable bonds is 4. The van der Waals surface area contributed by atoms with Crippen LogP contribution in [-0.2, 0) is 4.79 Å². The van der Waals surface area contributed by atoms with Gasteiger partial charge in [-0.25, -0.2) is 0 Å². The first-order valence-corrected chi connectivity index (χ1v) is 8.95. The number of fused-ring (bicyclic) bond motifs is 1. The Morgan fingerprint density at radius 2 is 1.77 bits per heavy atom. The standard InChI is InChI=1S/C22H25NO3/c1-12-8-15(4)22(16(5)9-12)23-19(25)11-26-18-7-6-13(2)20-14(3)10-17(24)21(18)20/h6-9,14H,10-11H2,1-5H3,(H,23,25). The van der Waals surface area contributed by atoms with E-state index in [9.17, 15) is 9.59 Å². The van der Waals surface area contributed by atoms with Gasteiger partial charge in [-0.1, -0.05) is 30.7 Å². The molecule has 0 fully saturated rings. The first-order chi connectivity index (χ1) is 12.3. The topological polar surface area (TPSA) is 55.4 Å². The first-order valence-electron chi connectivity index (χ1n) is 8.95. The molecule has 0 bridgehead atoms. The lowest BCUT2D eigenvalue weighted by Crippen LogP contribution is -2.22. The predicted molar refractivity (Wildman–Crippen MR) is 103 cm³/mol. The number of carbonyl (C=O) groups excluding carboxylic acids is 2.